The molecule has 0 atom stereocenters. The summed E-state index contributed by atoms with van der Waals surface area (Å²) in [6.07, 6.45) is 25.3. The number of hydrogen-bond acceptors (Lipinski definition) is 1. The zero-order valence-corrected chi connectivity index (χ0v) is 22.4. The van der Waals surface area contributed by atoms with Crippen molar-refractivity contribution in [1.82, 2.24) is 4.90 Å². The predicted molar refractivity (Wildman–Crippen MR) is 134 cm³/mol. The van der Waals surface area contributed by atoms with Crippen LogP contribution in [-0.4, -0.2) is 56.1 Å². The number of hydrogen-bond donors (Lipinski definition) is 0. The molecule has 0 bridgehead atoms. The van der Waals surface area contributed by atoms with Gasteiger partial charge >= 0.3 is 0 Å². The lowest BCUT2D eigenvalue weighted by molar-refractivity contribution is -0.890. The molecule has 0 aliphatic carbocycles. The van der Waals surface area contributed by atoms with Gasteiger partial charge in [0.2, 0.25) is 5.91 Å². The smallest absolute Gasteiger partial charge is 0.245 e. The standard InChI is InChI=1S/C27H55N2O.ClH/c1-6-8-9-10-11-12-13-14-15-16-17-18-19-20-21-22-25-29(4,5)26-23-24-28(3)27(30)7-2;/h7H,2,6,8-26H2,1,3-5H3;1H/q+1;/p-1. The third-order valence-electron chi connectivity index (χ3n) is 6.42. The predicted octanol–water partition coefficient (Wildman–Crippen LogP) is 4.36. The van der Waals surface area contributed by atoms with Crippen molar-refractivity contribution in [3.05, 3.63) is 12.7 Å². The Bertz CT molecular complexity index is 412. The van der Waals surface area contributed by atoms with E-state index in [4.69, 9.17) is 0 Å². The minimum Gasteiger partial charge on any atom is -1.00 e. The fourth-order valence-electron chi connectivity index (χ4n) is 4.20. The van der Waals surface area contributed by atoms with Crippen LogP contribution in [0.3, 0.4) is 0 Å². The van der Waals surface area contributed by atoms with Crippen LogP contribution in [0.4, 0.5) is 0 Å². The van der Waals surface area contributed by atoms with E-state index in [1.807, 2.05) is 7.05 Å². The van der Waals surface area contributed by atoms with Crippen LogP contribution in [-0.2, 0) is 4.79 Å². The maximum atomic E-state index is 11.5. The molecule has 0 saturated heterocycles. The average molecular weight is 459 g/mol. The summed E-state index contributed by atoms with van der Waals surface area (Å²) in [6.45, 7) is 9.05. The Labute approximate surface area is 202 Å². The van der Waals surface area contributed by atoms with Crippen molar-refractivity contribution >= 4 is 5.91 Å². The van der Waals surface area contributed by atoms with Gasteiger partial charge in [0.05, 0.1) is 27.2 Å². The molecule has 0 saturated carbocycles. The molecule has 3 nitrogen and oxygen atoms in total. The highest BCUT2D eigenvalue weighted by molar-refractivity contribution is 5.86. The number of likely N-dealkylation sites (N-methyl/N-ethyl adjacent to an activating group) is 1. The Morgan fingerprint density at radius 1 is 0.710 bits per heavy atom. The van der Waals surface area contributed by atoms with E-state index in [-0.39, 0.29) is 18.3 Å². The minimum absolute atomic E-state index is 0. The lowest BCUT2D eigenvalue weighted by Gasteiger charge is -2.30. The second kappa shape index (κ2) is 22.6. The summed E-state index contributed by atoms with van der Waals surface area (Å²) in [5.41, 5.74) is 0. The van der Waals surface area contributed by atoms with Crippen molar-refractivity contribution < 1.29 is 21.7 Å². The topological polar surface area (TPSA) is 20.3 Å². The number of carbonyl (C=O) groups is 1. The van der Waals surface area contributed by atoms with Crippen molar-refractivity contribution in [2.24, 2.45) is 0 Å². The number of amides is 1. The highest BCUT2D eigenvalue weighted by Gasteiger charge is 2.15. The molecule has 31 heavy (non-hydrogen) atoms. The van der Waals surface area contributed by atoms with E-state index in [1.54, 1.807) is 4.90 Å². The van der Waals surface area contributed by atoms with E-state index in [1.165, 1.54) is 115 Å². The molecular formula is C27H55ClN2O. The molecule has 4 heteroatoms. The largest absolute Gasteiger partial charge is 1.00 e. The average Bonchev–Trinajstić information content (AvgIpc) is 2.72. The number of halogens is 1. The van der Waals surface area contributed by atoms with Crippen LogP contribution in [0.25, 0.3) is 0 Å². The van der Waals surface area contributed by atoms with Crippen LogP contribution in [0, 0.1) is 0 Å². The Morgan fingerprint density at radius 3 is 1.45 bits per heavy atom. The van der Waals surface area contributed by atoms with Gasteiger partial charge in [0.25, 0.3) is 0 Å². The van der Waals surface area contributed by atoms with Gasteiger partial charge in [0.1, 0.15) is 0 Å². The first-order chi connectivity index (χ1) is 14.4. The molecule has 0 unspecified atom stereocenters. The SMILES string of the molecule is C=CC(=O)N(C)CCC[N+](C)(C)CCCCCCCCCCCCCCCCCC.[Cl-]. The molecular weight excluding hydrogens is 404 g/mol. The van der Waals surface area contributed by atoms with Crippen LogP contribution in [0.15, 0.2) is 12.7 Å². The number of quaternary nitrogens is 1. The molecule has 0 aromatic rings. The number of carbonyl (C=O) groups excluding carboxylic acids is 1. The molecule has 0 aliphatic rings. The molecule has 0 N–H and O–H groups in total. The van der Waals surface area contributed by atoms with E-state index in [0.29, 0.717) is 0 Å². The summed E-state index contributed by atoms with van der Waals surface area (Å²) in [7, 11) is 6.50. The zero-order valence-electron chi connectivity index (χ0n) is 21.6. The molecule has 0 heterocycles. The van der Waals surface area contributed by atoms with E-state index in [0.717, 1.165) is 24.0 Å². The third-order valence-corrected chi connectivity index (χ3v) is 6.42. The van der Waals surface area contributed by atoms with Crippen molar-refractivity contribution in [3.8, 4) is 0 Å². The molecule has 0 radical (unpaired) electrons. The molecule has 0 rings (SSSR count). The van der Waals surface area contributed by atoms with Gasteiger partial charge in [-0.3, -0.25) is 4.79 Å². The maximum absolute atomic E-state index is 11.5. The summed E-state index contributed by atoms with van der Waals surface area (Å²) in [4.78, 5) is 13.3. The van der Waals surface area contributed by atoms with Gasteiger partial charge in [-0.1, -0.05) is 103 Å². The monoisotopic (exact) mass is 458 g/mol. The van der Waals surface area contributed by atoms with Crippen LogP contribution >= 0.6 is 0 Å². The number of nitrogens with zero attached hydrogens (tertiary/aromatic N) is 2. The third kappa shape index (κ3) is 22.4. The van der Waals surface area contributed by atoms with E-state index in [2.05, 4.69) is 27.6 Å². The minimum atomic E-state index is 0. The second-order valence-corrected chi connectivity index (χ2v) is 10.0. The van der Waals surface area contributed by atoms with Gasteiger partial charge in [0.15, 0.2) is 0 Å². The quantitative estimate of drug-likeness (QED) is 0.134. The summed E-state index contributed by atoms with van der Waals surface area (Å²) in [6, 6.07) is 0. The number of unbranched alkanes of at least 4 members (excludes halogenated alkanes) is 15. The fourth-order valence-corrected chi connectivity index (χ4v) is 4.20. The Hall–Kier alpha value is -0.540. The van der Waals surface area contributed by atoms with Crippen LogP contribution in [0.2, 0.25) is 0 Å². The van der Waals surface area contributed by atoms with E-state index >= 15 is 0 Å². The van der Waals surface area contributed by atoms with Gasteiger partial charge in [-0.05, 0) is 18.9 Å². The van der Waals surface area contributed by atoms with Crippen LogP contribution in [0.5, 0.6) is 0 Å². The van der Waals surface area contributed by atoms with E-state index in [9.17, 15) is 4.79 Å². The summed E-state index contributed by atoms with van der Waals surface area (Å²) in [5.74, 6) is 0.0260. The van der Waals surface area contributed by atoms with Crippen LogP contribution in [0.1, 0.15) is 116 Å². The first-order valence-corrected chi connectivity index (χ1v) is 13.1. The summed E-state index contributed by atoms with van der Waals surface area (Å²) < 4.78 is 1.06. The molecule has 0 spiro atoms. The Morgan fingerprint density at radius 2 is 1.06 bits per heavy atom. The Balaban J connectivity index is 0. The van der Waals surface area contributed by atoms with Gasteiger partial charge < -0.3 is 21.8 Å². The van der Waals surface area contributed by atoms with Crippen molar-refractivity contribution in [3.63, 3.8) is 0 Å². The first-order valence-electron chi connectivity index (χ1n) is 13.1. The molecule has 0 aromatic heterocycles. The highest BCUT2D eigenvalue weighted by Crippen LogP contribution is 2.14. The summed E-state index contributed by atoms with van der Waals surface area (Å²) in [5, 5.41) is 0. The van der Waals surface area contributed by atoms with Gasteiger partial charge in [0, 0.05) is 20.0 Å². The van der Waals surface area contributed by atoms with Gasteiger partial charge in [-0.15, -0.1) is 0 Å². The zero-order chi connectivity index (χ0) is 22.5. The number of rotatable bonds is 22. The van der Waals surface area contributed by atoms with Gasteiger partial charge in [-0.2, -0.15) is 0 Å². The fraction of sp³-hybridized carbons (Fsp3) is 0.889. The van der Waals surface area contributed by atoms with Crippen molar-refractivity contribution in [1.29, 1.82) is 0 Å². The molecule has 1 amide bonds. The van der Waals surface area contributed by atoms with Crippen LogP contribution < -0.4 is 12.4 Å². The molecule has 0 aliphatic heterocycles. The Kier molecular flexibility index (Phi) is 23.8. The highest BCUT2D eigenvalue weighted by atomic mass is 35.5. The summed E-state index contributed by atoms with van der Waals surface area (Å²) >= 11 is 0. The molecule has 0 fully saturated rings. The first kappa shape index (κ1) is 32.6. The van der Waals surface area contributed by atoms with E-state index < -0.39 is 0 Å². The van der Waals surface area contributed by atoms with Crippen molar-refractivity contribution in [2.75, 3.05) is 40.8 Å². The molecule has 0 aromatic carbocycles. The maximum Gasteiger partial charge on any atom is 0.245 e. The molecule has 186 valence electrons. The lowest BCUT2D eigenvalue weighted by Crippen LogP contribution is -3.00. The lowest BCUT2D eigenvalue weighted by atomic mass is 10.0. The van der Waals surface area contributed by atoms with Crippen molar-refractivity contribution in [2.45, 2.75) is 116 Å². The second-order valence-electron chi connectivity index (χ2n) is 10.0. The normalized spacial score (nSPS) is 11.2. The van der Waals surface area contributed by atoms with Gasteiger partial charge in [-0.25, -0.2) is 0 Å².